The van der Waals surface area contributed by atoms with E-state index in [0.29, 0.717) is 0 Å². The fourth-order valence-corrected chi connectivity index (χ4v) is 4.48. The van der Waals surface area contributed by atoms with Gasteiger partial charge in [0, 0.05) is 28.4 Å². The second kappa shape index (κ2) is 8.32. The first-order valence-electron chi connectivity index (χ1n) is 10.9. The molecule has 1 fully saturated rings. The summed E-state index contributed by atoms with van der Waals surface area (Å²) in [6.07, 6.45) is -10.9. The maximum absolute atomic E-state index is 13.4. The van der Waals surface area contributed by atoms with Crippen LogP contribution in [-0.4, -0.2) is 45.5 Å². The van der Waals surface area contributed by atoms with Gasteiger partial charge in [-0.25, -0.2) is 4.79 Å². The standard InChI is InChI=1S/C24H24F6N2O3/c1-22(2,3)35-21(34)31-9-8-19(20(33)12-31)32-17-6-4-13(23(25,26)27)10-15(17)16-11-14(24(28,29)30)5-7-18(16)32/h4-7,10-11,19-20,33H,8-9,12H2,1-3H3/t19-,20-/m1/s1. The van der Waals surface area contributed by atoms with Gasteiger partial charge in [0.05, 0.1) is 29.8 Å². The number of nitrogens with zero attached hydrogens (tertiary/aromatic N) is 2. The van der Waals surface area contributed by atoms with Gasteiger partial charge in [0.1, 0.15) is 5.60 Å². The highest BCUT2D eigenvalue weighted by Crippen LogP contribution is 2.41. The monoisotopic (exact) mass is 502 g/mol. The van der Waals surface area contributed by atoms with Crippen LogP contribution in [0.4, 0.5) is 31.1 Å². The Balaban J connectivity index is 1.80. The van der Waals surface area contributed by atoms with Crippen molar-refractivity contribution >= 4 is 27.9 Å². The molecule has 0 unspecified atom stereocenters. The largest absolute Gasteiger partial charge is 0.444 e. The van der Waals surface area contributed by atoms with E-state index in [9.17, 15) is 36.2 Å². The maximum Gasteiger partial charge on any atom is 0.416 e. The van der Waals surface area contributed by atoms with E-state index in [-0.39, 0.29) is 41.3 Å². The van der Waals surface area contributed by atoms with Crippen molar-refractivity contribution in [1.29, 1.82) is 0 Å². The highest BCUT2D eigenvalue weighted by molar-refractivity contribution is 6.08. The molecule has 1 aromatic heterocycles. The summed E-state index contributed by atoms with van der Waals surface area (Å²) >= 11 is 0. The van der Waals surface area contributed by atoms with Gasteiger partial charge in [-0.15, -0.1) is 0 Å². The number of halogens is 6. The number of β-amino-alcohol motifs (C(OH)–C–C–N with tert-alkyl or cyclic N) is 1. The molecule has 3 aromatic rings. The molecule has 2 atom stereocenters. The van der Waals surface area contributed by atoms with Crippen molar-refractivity contribution in [3.8, 4) is 0 Å². The zero-order valence-corrected chi connectivity index (χ0v) is 19.2. The number of carbonyl (C=O) groups is 1. The number of aliphatic hydroxyl groups excluding tert-OH is 1. The Kier molecular flexibility index (Phi) is 5.98. The van der Waals surface area contributed by atoms with Crippen molar-refractivity contribution in [3.05, 3.63) is 47.5 Å². The number of ether oxygens (including phenoxy) is 1. The summed E-state index contributed by atoms with van der Waals surface area (Å²) in [6, 6.07) is 5.13. The van der Waals surface area contributed by atoms with Crippen LogP contribution in [0.3, 0.4) is 0 Å². The van der Waals surface area contributed by atoms with Gasteiger partial charge in [-0.1, -0.05) is 0 Å². The molecule has 11 heteroatoms. The molecule has 1 aliphatic rings. The SMILES string of the molecule is CC(C)(C)OC(=O)N1CC[C@@H](n2c3ccc(C(F)(F)F)cc3c3cc(C(F)(F)F)ccc32)[C@H](O)C1. The number of likely N-dealkylation sites (tertiary alicyclic amines) is 1. The first-order chi connectivity index (χ1) is 16.1. The van der Waals surface area contributed by atoms with Crippen molar-refractivity contribution in [1.82, 2.24) is 9.47 Å². The number of hydrogen-bond acceptors (Lipinski definition) is 3. The Bertz CT molecular complexity index is 1200. The topological polar surface area (TPSA) is 54.7 Å². The molecule has 0 aliphatic carbocycles. The molecule has 4 rings (SSSR count). The lowest BCUT2D eigenvalue weighted by Gasteiger charge is -2.37. The van der Waals surface area contributed by atoms with Crippen molar-refractivity contribution in [2.24, 2.45) is 0 Å². The molecule has 0 radical (unpaired) electrons. The molecule has 1 amide bonds. The Morgan fingerprint density at radius 1 is 0.914 bits per heavy atom. The van der Waals surface area contributed by atoms with Crippen LogP contribution >= 0.6 is 0 Å². The maximum atomic E-state index is 13.4. The van der Waals surface area contributed by atoms with Gasteiger partial charge >= 0.3 is 18.4 Å². The van der Waals surface area contributed by atoms with Crippen molar-refractivity contribution < 1.29 is 41.0 Å². The van der Waals surface area contributed by atoms with Gasteiger partial charge in [0.25, 0.3) is 0 Å². The summed E-state index contributed by atoms with van der Waals surface area (Å²) in [4.78, 5) is 13.7. The summed E-state index contributed by atoms with van der Waals surface area (Å²) in [7, 11) is 0. The minimum Gasteiger partial charge on any atom is -0.444 e. The van der Waals surface area contributed by atoms with E-state index in [1.165, 1.54) is 17.0 Å². The fraction of sp³-hybridized carbons (Fsp3) is 0.458. The van der Waals surface area contributed by atoms with Crippen LogP contribution in [0.25, 0.3) is 21.8 Å². The quantitative estimate of drug-likeness (QED) is 0.393. The predicted molar refractivity (Wildman–Crippen MR) is 117 cm³/mol. The number of fused-ring (bicyclic) bond motifs is 3. The lowest BCUT2D eigenvalue weighted by atomic mass is 10.0. The van der Waals surface area contributed by atoms with Crippen molar-refractivity contribution in [2.45, 2.75) is 57.3 Å². The van der Waals surface area contributed by atoms with Gasteiger partial charge in [0.2, 0.25) is 0 Å². The highest BCUT2D eigenvalue weighted by atomic mass is 19.4. The Hall–Kier alpha value is -2.95. The first-order valence-corrected chi connectivity index (χ1v) is 10.9. The van der Waals surface area contributed by atoms with E-state index in [0.717, 1.165) is 24.3 Å². The van der Waals surface area contributed by atoms with E-state index in [1.54, 1.807) is 25.3 Å². The number of amides is 1. The smallest absolute Gasteiger partial charge is 0.416 e. The van der Waals surface area contributed by atoms with E-state index in [2.05, 4.69) is 0 Å². The lowest BCUT2D eigenvalue weighted by molar-refractivity contribution is -0.138. The Labute approximate surface area is 196 Å². The summed E-state index contributed by atoms with van der Waals surface area (Å²) in [5.74, 6) is 0. The van der Waals surface area contributed by atoms with Crippen LogP contribution in [0.15, 0.2) is 36.4 Å². The fourth-order valence-electron chi connectivity index (χ4n) is 4.48. The summed E-state index contributed by atoms with van der Waals surface area (Å²) in [5, 5.41) is 10.9. The zero-order valence-electron chi connectivity index (χ0n) is 19.2. The summed E-state index contributed by atoms with van der Waals surface area (Å²) < 4.78 is 87.1. The molecule has 0 spiro atoms. The van der Waals surface area contributed by atoms with Crippen LogP contribution < -0.4 is 0 Å². The molecular formula is C24H24F6N2O3. The van der Waals surface area contributed by atoms with E-state index in [4.69, 9.17) is 4.74 Å². The molecule has 1 N–H and O–H groups in total. The number of aromatic nitrogens is 1. The molecular weight excluding hydrogens is 478 g/mol. The minimum atomic E-state index is -4.68. The number of aliphatic hydroxyl groups is 1. The number of carbonyl (C=O) groups excluding carboxylic acids is 1. The third-order valence-electron chi connectivity index (χ3n) is 5.99. The normalized spacial score (nSPS) is 20.0. The van der Waals surface area contributed by atoms with Gasteiger partial charge in [-0.05, 0) is 63.6 Å². The number of hydrogen-bond donors (Lipinski definition) is 1. The lowest BCUT2D eigenvalue weighted by Crippen LogP contribution is -2.48. The van der Waals surface area contributed by atoms with Crippen molar-refractivity contribution in [3.63, 3.8) is 0 Å². The van der Waals surface area contributed by atoms with Crippen LogP contribution in [0, 0.1) is 0 Å². The van der Waals surface area contributed by atoms with E-state index < -0.39 is 47.3 Å². The van der Waals surface area contributed by atoms with Gasteiger partial charge < -0.3 is 19.3 Å². The molecule has 2 heterocycles. The van der Waals surface area contributed by atoms with Crippen molar-refractivity contribution in [2.75, 3.05) is 13.1 Å². The van der Waals surface area contributed by atoms with Gasteiger partial charge in [-0.3, -0.25) is 0 Å². The zero-order chi connectivity index (χ0) is 25.9. The average molecular weight is 502 g/mol. The molecule has 1 saturated heterocycles. The first kappa shape index (κ1) is 25.2. The average Bonchev–Trinajstić information content (AvgIpc) is 3.04. The second-order valence-electron chi connectivity index (χ2n) is 9.68. The number of piperidine rings is 1. The molecule has 190 valence electrons. The molecule has 0 bridgehead atoms. The molecule has 2 aromatic carbocycles. The molecule has 1 aliphatic heterocycles. The van der Waals surface area contributed by atoms with Gasteiger partial charge in [-0.2, -0.15) is 26.3 Å². The van der Waals surface area contributed by atoms with Crippen LogP contribution in [0.5, 0.6) is 0 Å². The van der Waals surface area contributed by atoms with Crippen LogP contribution in [0.2, 0.25) is 0 Å². The highest BCUT2D eigenvalue weighted by Gasteiger charge is 2.37. The van der Waals surface area contributed by atoms with Gasteiger partial charge in [0.15, 0.2) is 0 Å². The Morgan fingerprint density at radius 3 is 1.80 bits per heavy atom. The third-order valence-corrected chi connectivity index (χ3v) is 5.99. The minimum absolute atomic E-state index is 0.00250. The van der Waals surface area contributed by atoms with E-state index >= 15 is 0 Å². The molecule has 35 heavy (non-hydrogen) atoms. The van der Waals surface area contributed by atoms with E-state index in [1.807, 2.05) is 0 Å². The predicted octanol–water partition coefficient (Wildman–Crippen LogP) is 6.37. The number of benzene rings is 2. The molecule has 0 saturated carbocycles. The second-order valence-corrected chi connectivity index (χ2v) is 9.68. The third kappa shape index (κ3) is 4.91. The number of alkyl halides is 6. The Morgan fingerprint density at radius 2 is 1.40 bits per heavy atom. The summed E-state index contributed by atoms with van der Waals surface area (Å²) in [6.45, 7) is 5.21. The molecule has 5 nitrogen and oxygen atoms in total. The van der Waals surface area contributed by atoms with Crippen LogP contribution in [-0.2, 0) is 17.1 Å². The summed E-state index contributed by atoms with van der Waals surface area (Å²) in [5.41, 5.74) is -2.18. The van der Waals surface area contributed by atoms with Crippen LogP contribution in [0.1, 0.15) is 44.4 Å². The number of rotatable bonds is 1.